The third-order valence-corrected chi connectivity index (χ3v) is 10.8. The molecule has 5 atom stereocenters. The van der Waals surface area contributed by atoms with Gasteiger partial charge in [0, 0.05) is 47.4 Å². The number of hydrogen-bond donors (Lipinski definition) is 2. The van der Waals surface area contributed by atoms with E-state index in [0.717, 1.165) is 68.3 Å². The number of β-amino-alcohol motifs (C(OH)–C–C–N with tert-alkyl or cyclic N) is 1. The summed E-state index contributed by atoms with van der Waals surface area (Å²) in [4.78, 5) is 8.66. The van der Waals surface area contributed by atoms with Crippen molar-refractivity contribution in [3.63, 3.8) is 0 Å². The summed E-state index contributed by atoms with van der Waals surface area (Å²) in [5.74, 6) is 3.18. The zero-order chi connectivity index (χ0) is 27.9. The fourth-order valence-electron chi connectivity index (χ4n) is 6.21. The van der Waals surface area contributed by atoms with Crippen molar-refractivity contribution < 1.29 is 9.84 Å². The quantitative estimate of drug-likeness (QED) is 0.222. The average Bonchev–Trinajstić information content (AvgIpc) is 3.25. The Morgan fingerprint density at radius 2 is 2.17 bits per heavy atom. The van der Waals surface area contributed by atoms with Gasteiger partial charge in [0.1, 0.15) is 10.8 Å². The van der Waals surface area contributed by atoms with Gasteiger partial charge in [-0.2, -0.15) is 0 Å². The largest absolute Gasteiger partial charge is 0.491 e. The third kappa shape index (κ3) is 8.01. The van der Waals surface area contributed by atoms with Gasteiger partial charge in [-0.3, -0.25) is 9.62 Å². The lowest BCUT2D eigenvalue weighted by Crippen LogP contribution is -2.40. The van der Waals surface area contributed by atoms with E-state index in [0.29, 0.717) is 17.9 Å². The Kier molecular flexibility index (Phi) is 10.8. The SMILES string of the molecule is CCC(C)OC1=CCC=C(c2ncc(C3C=CC=C4CC(NSCCN5CCCC(O)C5)CCC4C3)s2)C=C1C. The third-order valence-electron chi connectivity index (χ3n) is 8.74. The van der Waals surface area contributed by atoms with Crippen LogP contribution in [0.15, 0.2) is 59.6 Å². The van der Waals surface area contributed by atoms with Crippen molar-refractivity contribution in [3.8, 4) is 0 Å². The van der Waals surface area contributed by atoms with Gasteiger partial charge in [0.25, 0.3) is 0 Å². The highest BCUT2D eigenvalue weighted by atomic mass is 32.2. The van der Waals surface area contributed by atoms with Gasteiger partial charge in [-0.05, 0) is 95.4 Å². The van der Waals surface area contributed by atoms with E-state index in [1.165, 1.54) is 35.3 Å². The monoisotopic (exact) mass is 581 g/mol. The van der Waals surface area contributed by atoms with Crippen molar-refractivity contribution in [1.82, 2.24) is 14.6 Å². The van der Waals surface area contributed by atoms with Crippen LogP contribution < -0.4 is 4.72 Å². The summed E-state index contributed by atoms with van der Waals surface area (Å²) in [6.07, 6.45) is 24.8. The Balaban J connectivity index is 1.11. The minimum Gasteiger partial charge on any atom is -0.491 e. The van der Waals surface area contributed by atoms with Crippen LogP contribution in [0.1, 0.15) is 87.9 Å². The van der Waals surface area contributed by atoms with Gasteiger partial charge in [-0.15, -0.1) is 11.3 Å². The van der Waals surface area contributed by atoms with Crippen LogP contribution in [0.4, 0.5) is 0 Å². The highest BCUT2D eigenvalue weighted by Crippen LogP contribution is 2.41. The van der Waals surface area contributed by atoms with E-state index in [1.54, 1.807) is 5.57 Å². The van der Waals surface area contributed by atoms with Crippen molar-refractivity contribution in [1.29, 1.82) is 0 Å². The molecule has 2 N–H and O–H groups in total. The summed E-state index contributed by atoms with van der Waals surface area (Å²) in [5, 5.41) is 11.0. The molecule has 0 radical (unpaired) electrons. The van der Waals surface area contributed by atoms with Crippen molar-refractivity contribution in [2.75, 3.05) is 25.4 Å². The smallest absolute Gasteiger partial charge is 0.123 e. The maximum Gasteiger partial charge on any atom is 0.123 e. The summed E-state index contributed by atoms with van der Waals surface area (Å²) in [5.41, 5.74) is 4.00. The number of piperidine rings is 1. The molecule has 3 aliphatic carbocycles. The molecule has 5 unspecified atom stereocenters. The Labute approximate surface area is 249 Å². The standard InChI is InChI=1S/C33H47N3O2S2/c1-4-24(3)38-31-12-6-10-28(18-23(31)2)33-34-21-32(40-33)27-9-5-8-25-20-29(14-13-26(25)19-27)35-39-17-16-36-15-7-11-30(37)22-36/h5,8-10,12,18,21,24,26-27,29-30,35,37H,4,6-7,11,13-17,19-20,22H2,1-3H3. The number of rotatable bonds is 10. The normalized spacial score (nSPS) is 28.4. The highest BCUT2D eigenvalue weighted by molar-refractivity contribution is 7.97. The Bertz CT molecular complexity index is 1150. The predicted molar refractivity (Wildman–Crippen MR) is 170 cm³/mol. The molecule has 1 saturated heterocycles. The Morgan fingerprint density at radius 3 is 3.02 bits per heavy atom. The molecule has 1 aromatic heterocycles. The number of aliphatic hydroxyl groups is 1. The Morgan fingerprint density at radius 1 is 1.27 bits per heavy atom. The molecular formula is C33H47N3O2S2. The first-order valence-electron chi connectivity index (χ1n) is 15.3. The zero-order valence-electron chi connectivity index (χ0n) is 24.5. The second-order valence-electron chi connectivity index (χ2n) is 11.9. The van der Waals surface area contributed by atoms with Gasteiger partial charge in [-0.25, -0.2) is 4.98 Å². The van der Waals surface area contributed by atoms with Crippen molar-refractivity contribution in [3.05, 3.63) is 69.4 Å². The average molecular weight is 582 g/mol. The second-order valence-corrected chi connectivity index (χ2v) is 13.9. The summed E-state index contributed by atoms with van der Waals surface area (Å²) in [6, 6.07) is 0.555. The molecule has 7 heteroatoms. The molecule has 4 aliphatic rings. The molecule has 1 saturated carbocycles. The van der Waals surface area contributed by atoms with Crippen LogP contribution in [0.25, 0.3) is 5.57 Å². The first kappa shape index (κ1) is 29.8. The number of likely N-dealkylation sites (tertiary alicyclic amines) is 1. The number of allylic oxidation sites excluding steroid dienone is 8. The van der Waals surface area contributed by atoms with E-state index < -0.39 is 0 Å². The molecule has 0 aromatic carbocycles. The first-order valence-corrected chi connectivity index (χ1v) is 17.2. The molecule has 0 bridgehead atoms. The van der Waals surface area contributed by atoms with Crippen LogP contribution in [0, 0.1) is 5.92 Å². The topological polar surface area (TPSA) is 57.6 Å². The van der Waals surface area contributed by atoms with E-state index in [2.05, 4.69) is 73.0 Å². The molecule has 0 amide bonds. The molecule has 40 heavy (non-hydrogen) atoms. The van der Waals surface area contributed by atoms with Crippen LogP contribution in [-0.2, 0) is 4.74 Å². The molecule has 218 valence electrons. The van der Waals surface area contributed by atoms with E-state index in [4.69, 9.17) is 9.72 Å². The van der Waals surface area contributed by atoms with Gasteiger partial charge in [0.15, 0.2) is 0 Å². The molecule has 2 heterocycles. The van der Waals surface area contributed by atoms with Crippen LogP contribution in [0.5, 0.6) is 0 Å². The first-order chi connectivity index (χ1) is 19.5. The van der Waals surface area contributed by atoms with Crippen molar-refractivity contribution in [2.24, 2.45) is 5.92 Å². The molecule has 5 rings (SSSR count). The van der Waals surface area contributed by atoms with Gasteiger partial charge in [-0.1, -0.05) is 48.7 Å². The minimum atomic E-state index is -0.132. The molecule has 5 nitrogen and oxygen atoms in total. The fraction of sp³-hybridized carbons (Fsp3) is 0.606. The van der Waals surface area contributed by atoms with Gasteiger partial charge < -0.3 is 9.84 Å². The van der Waals surface area contributed by atoms with Crippen LogP contribution in [0.2, 0.25) is 0 Å². The lowest BCUT2D eigenvalue weighted by Gasteiger charge is -2.33. The van der Waals surface area contributed by atoms with E-state index >= 15 is 0 Å². The van der Waals surface area contributed by atoms with Gasteiger partial charge in [0.2, 0.25) is 0 Å². The number of fused-ring (bicyclic) bond motifs is 1. The van der Waals surface area contributed by atoms with Crippen LogP contribution in [-0.4, -0.2) is 58.6 Å². The van der Waals surface area contributed by atoms with Gasteiger partial charge >= 0.3 is 0 Å². The van der Waals surface area contributed by atoms with Crippen LogP contribution in [0.3, 0.4) is 0 Å². The lowest BCUT2D eigenvalue weighted by molar-refractivity contribution is 0.0743. The summed E-state index contributed by atoms with van der Waals surface area (Å²) >= 11 is 3.73. The number of aromatic nitrogens is 1. The molecule has 1 aliphatic heterocycles. The van der Waals surface area contributed by atoms with E-state index in [1.807, 2.05) is 23.3 Å². The van der Waals surface area contributed by atoms with Crippen LogP contribution >= 0.6 is 23.3 Å². The minimum absolute atomic E-state index is 0.132. The molecule has 2 fully saturated rings. The number of ether oxygens (including phenoxy) is 1. The molecule has 1 aromatic rings. The predicted octanol–water partition coefficient (Wildman–Crippen LogP) is 7.41. The van der Waals surface area contributed by atoms with Crippen molar-refractivity contribution >= 4 is 28.9 Å². The number of thiazole rings is 1. The maximum absolute atomic E-state index is 9.90. The number of nitrogens with zero attached hydrogens (tertiary/aromatic N) is 2. The summed E-state index contributed by atoms with van der Waals surface area (Å²) in [7, 11) is 0. The fourth-order valence-corrected chi connectivity index (χ4v) is 8.13. The molecular weight excluding hydrogens is 535 g/mol. The second kappa shape index (κ2) is 14.5. The van der Waals surface area contributed by atoms with E-state index in [-0.39, 0.29) is 12.2 Å². The number of hydrogen-bond acceptors (Lipinski definition) is 7. The zero-order valence-corrected chi connectivity index (χ0v) is 26.1. The van der Waals surface area contributed by atoms with E-state index in [9.17, 15) is 5.11 Å². The summed E-state index contributed by atoms with van der Waals surface area (Å²) < 4.78 is 9.92. The number of aliphatic hydroxyl groups excluding tert-OH is 1. The number of nitrogens with one attached hydrogen (secondary N) is 1. The molecule has 0 spiro atoms. The Hall–Kier alpha value is -1.64. The van der Waals surface area contributed by atoms with Crippen molar-refractivity contribution in [2.45, 2.75) is 96.3 Å². The maximum atomic E-state index is 9.90. The van der Waals surface area contributed by atoms with Gasteiger partial charge in [0.05, 0.1) is 12.2 Å². The lowest BCUT2D eigenvalue weighted by atomic mass is 9.78. The summed E-state index contributed by atoms with van der Waals surface area (Å²) in [6.45, 7) is 9.47. The highest BCUT2D eigenvalue weighted by Gasteiger charge is 2.29.